The van der Waals surface area contributed by atoms with Crippen molar-refractivity contribution in [2.75, 3.05) is 13.2 Å². The Morgan fingerprint density at radius 2 is 0.695 bits per heavy atom. The number of benzene rings is 6. The highest BCUT2D eigenvalue weighted by atomic mass is 35.5. The summed E-state index contributed by atoms with van der Waals surface area (Å²) in [6.07, 6.45) is 31.7. The van der Waals surface area contributed by atoms with Crippen molar-refractivity contribution >= 4 is 70.0 Å². The van der Waals surface area contributed by atoms with Crippen LogP contribution in [-0.2, 0) is 9.59 Å². The highest BCUT2D eigenvalue weighted by molar-refractivity contribution is 6.33. The molecule has 0 aromatic heterocycles. The molecule has 0 aliphatic heterocycles. The van der Waals surface area contributed by atoms with Gasteiger partial charge in [-0.15, -0.1) is 0 Å². The van der Waals surface area contributed by atoms with E-state index in [9.17, 15) is 19.2 Å². The monoisotopic (exact) mass is 1150 g/mol. The molecular weight excluding hydrogens is 1070 g/mol. The quantitative estimate of drug-likeness (QED) is 0.0163. The normalized spacial score (nSPS) is 11.6. The summed E-state index contributed by atoms with van der Waals surface area (Å²) < 4.78 is 34.5. The first-order valence-electron chi connectivity index (χ1n) is 29.7. The largest absolute Gasteiger partial charge is 0.494 e. The van der Waals surface area contributed by atoms with Crippen LogP contribution in [0.3, 0.4) is 0 Å². The van der Waals surface area contributed by atoms with Crippen LogP contribution in [-0.4, -0.2) is 37.1 Å². The number of unbranched alkanes of at least 4 members (excludes halogenated alkanes) is 20. The van der Waals surface area contributed by atoms with E-state index in [-0.39, 0.29) is 44.2 Å². The van der Waals surface area contributed by atoms with Gasteiger partial charge < -0.3 is 28.4 Å². The van der Waals surface area contributed by atoms with Gasteiger partial charge in [0.05, 0.1) is 34.4 Å². The smallest absolute Gasteiger partial charge is 0.343 e. The Bertz CT molecular complexity index is 2830. The van der Waals surface area contributed by atoms with E-state index in [2.05, 4.69) is 13.8 Å². The fourth-order valence-corrected chi connectivity index (χ4v) is 9.73. The molecule has 0 saturated heterocycles. The summed E-state index contributed by atoms with van der Waals surface area (Å²) in [7, 11) is 0. The summed E-state index contributed by atoms with van der Waals surface area (Å²) in [6, 6.07) is 33.8. The van der Waals surface area contributed by atoms with Crippen molar-refractivity contribution in [1.82, 2.24) is 0 Å². The Kier molecular flexibility index (Phi) is 28.1. The molecule has 0 heterocycles. The summed E-state index contributed by atoms with van der Waals surface area (Å²) in [5.41, 5.74) is 2.60. The van der Waals surface area contributed by atoms with Crippen molar-refractivity contribution < 1.29 is 47.6 Å². The summed E-state index contributed by atoms with van der Waals surface area (Å²) in [5, 5.41) is 1.52. The van der Waals surface area contributed by atoms with Crippen LogP contribution in [0.5, 0.6) is 34.5 Å². The first-order chi connectivity index (χ1) is 39.9. The van der Waals surface area contributed by atoms with Crippen LogP contribution in [0.25, 0.3) is 22.9 Å². The molecule has 6 aromatic rings. The molecule has 0 saturated carbocycles. The van der Waals surface area contributed by atoms with Crippen LogP contribution in [0, 0.1) is 0 Å². The number of esters is 4. The first-order valence-corrected chi connectivity index (χ1v) is 30.5. The predicted molar refractivity (Wildman–Crippen MR) is 332 cm³/mol. The predicted octanol–water partition coefficient (Wildman–Crippen LogP) is 20.0. The molecule has 10 nitrogen and oxygen atoms in total. The summed E-state index contributed by atoms with van der Waals surface area (Å²) in [4.78, 5) is 52.7. The van der Waals surface area contributed by atoms with E-state index >= 15 is 0 Å². The molecule has 0 aliphatic rings. The zero-order valence-corrected chi connectivity index (χ0v) is 50.0. The zero-order chi connectivity index (χ0) is 58.3. The van der Waals surface area contributed by atoms with Crippen LogP contribution in [0.1, 0.15) is 201 Å². The molecule has 82 heavy (non-hydrogen) atoms. The Labute approximate surface area is 496 Å². The Hall–Kier alpha value is -6.88. The highest BCUT2D eigenvalue weighted by Gasteiger charge is 2.18. The molecule has 0 unspecified atom stereocenters. The molecule has 6 aromatic carbocycles. The van der Waals surface area contributed by atoms with Crippen molar-refractivity contribution in [3.8, 4) is 34.5 Å². The van der Waals surface area contributed by atoms with E-state index in [1.54, 1.807) is 62.4 Å². The van der Waals surface area contributed by atoms with E-state index in [0.29, 0.717) is 29.7 Å². The summed E-state index contributed by atoms with van der Waals surface area (Å²) in [5.74, 6) is -0.380. The van der Waals surface area contributed by atoms with E-state index in [4.69, 9.17) is 51.6 Å². The van der Waals surface area contributed by atoms with E-state index in [0.717, 1.165) is 40.9 Å². The molecule has 0 amide bonds. The van der Waals surface area contributed by atoms with E-state index in [1.807, 2.05) is 48.5 Å². The fraction of sp³-hybridized carbons (Fsp3) is 0.400. The van der Waals surface area contributed by atoms with E-state index in [1.165, 1.54) is 165 Å². The van der Waals surface area contributed by atoms with Gasteiger partial charge in [-0.05, 0) is 146 Å². The Morgan fingerprint density at radius 3 is 1.04 bits per heavy atom. The summed E-state index contributed by atoms with van der Waals surface area (Å²) >= 11 is 13.0. The van der Waals surface area contributed by atoms with Gasteiger partial charge in [-0.1, -0.05) is 202 Å². The molecular formula is C70H82Cl2O10. The van der Waals surface area contributed by atoms with Gasteiger partial charge in [-0.3, -0.25) is 0 Å². The van der Waals surface area contributed by atoms with Gasteiger partial charge in [0.25, 0.3) is 0 Å². The lowest BCUT2D eigenvalue weighted by molar-refractivity contribution is -0.130. The van der Waals surface area contributed by atoms with Gasteiger partial charge in [0.15, 0.2) is 0 Å². The third kappa shape index (κ3) is 22.8. The number of carbonyl (C=O) groups is 4. The third-order valence-corrected chi connectivity index (χ3v) is 14.7. The minimum atomic E-state index is -0.693. The number of carbonyl (C=O) groups excluding carboxylic acids is 4. The standard InChI is InChI=1S/C70H82Cl2O10/c1-5-7-9-11-13-15-17-19-21-23-25-43-77-59-35-27-53(28-36-59)45-51(3)67(73)81-65-41-33-56(49-63(65)71)69(75)79-61-39-31-55-32-40-62(48-58(55)47-61)80-70(76)57-34-42-66(64(72)50-57)82-68(74)52(4)46-54-29-37-60(38-30-54)78-44-26-24-22-20-18-16-14-12-10-8-6-2/h27-42,45-50H,5-26,43-44H2,1-4H3/b51-45+,52-46+. The van der Waals surface area contributed by atoms with Crippen LogP contribution in [0.4, 0.5) is 0 Å². The van der Waals surface area contributed by atoms with Crippen LogP contribution >= 0.6 is 23.2 Å². The molecule has 0 atom stereocenters. The van der Waals surface area contributed by atoms with Gasteiger partial charge >= 0.3 is 23.9 Å². The summed E-state index contributed by atoms with van der Waals surface area (Å²) in [6.45, 7) is 9.16. The van der Waals surface area contributed by atoms with Gasteiger partial charge in [-0.25, -0.2) is 19.2 Å². The molecule has 0 N–H and O–H groups in total. The maximum absolute atomic E-state index is 13.3. The maximum Gasteiger partial charge on any atom is 0.343 e. The molecule has 12 heteroatoms. The minimum absolute atomic E-state index is 0.0485. The third-order valence-electron chi connectivity index (χ3n) is 14.1. The van der Waals surface area contributed by atoms with Crippen molar-refractivity contribution in [1.29, 1.82) is 0 Å². The van der Waals surface area contributed by atoms with Crippen molar-refractivity contribution in [2.24, 2.45) is 0 Å². The molecule has 436 valence electrons. The number of hydrogen-bond acceptors (Lipinski definition) is 10. The van der Waals surface area contributed by atoms with Crippen LogP contribution < -0.4 is 28.4 Å². The second-order valence-electron chi connectivity index (χ2n) is 21.1. The van der Waals surface area contributed by atoms with Gasteiger partial charge in [0.1, 0.15) is 34.5 Å². The number of rotatable bonds is 36. The molecule has 0 bridgehead atoms. The van der Waals surface area contributed by atoms with Gasteiger partial charge in [-0.2, -0.15) is 0 Å². The van der Waals surface area contributed by atoms with E-state index < -0.39 is 23.9 Å². The minimum Gasteiger partial charge on any atom is -0.494 e. The van der Waals surface area contributed by atoms with Gasteiger partial charge in [0, 0.05) is 11.1 Å². The molecule has 6 rings (SSSR count). The second-order valence-corrected chi connectivity index (χ2v) is 21.9. The molecule has 0 radical (unpaired) electrons. The Morgan fingerprint density at radius 1 is 0.366 bits per heavy atom. The average Bonchev–Trinajstić information content (AvgIpc) is 3.68. The lowest BCUT2D eigenvalue weighted by Gasteiger charge is -2.10. The average molecular weight is 1150 g/mol. The van der Waals surface area contributed by atoms with Crippen LogP contribution in [0.2, 0.25) is 10.0 Å². The molecule has 0 fully saturated rings. The van der Waals surface area contributed by atoms with Crippen molar-refractivity contribution in [3.63, 3.8) is 0 Å². The number of hydrogen-bond donors (Lipinski definition) is 0. The Balaban J connectivity index is 0.911. The highest BCUT2D eigenvalue weighted by Crippen LogP contribution is 2.31. The zero-order valence-electron chi connectivity index (χ0n) is 48.5. The SMILES string of the molecule is CCCCCCCCCCCCCOc1ccc(/C=C(\C)C(=O)Oc2ccc(C(=O)Oc3ccc4ccc(OC(=O)c5ccc(OC(=O)/C(C)=C/c6ccc(OCCCCCCCCCCCCC)cc6)c(Cl)c5)cc4c3)cc2Cl)cc1. The lowest BCUT2D eigenvalue weighted by Crippen LogP contribution is -2.11. The first kappa shape index (κ1) is 64.3. The van der Waals surface area contributed by atoms with Crippen molar-refractivity contribution in [2.45, 2.75) is 169 Å². The fourth-order valence-electron chi connectivity index (χ4n) is 9.29. The number of ether oxygens (including phenoxy) is 6. The molecule has 0 spiro atoms. The topological polar surface area (TPSA) is 124 Å². The van der Waals surface area contributed by atoms with Crippen molar-refractivity contribution in [3.05, 3.63) is 165 Å². The number of fused-ring (bicyclic) bond motifs is 1. The van der Waals surface area contributed by atoms with Gasteiger partial charge in [0.2, 0.25) is 0 Å². The number of halogens is 2. The second kappa shape index (κ2) is 35.9. The molecule has 0 aliphatic carbocycles. The maximum atomic E-state index is 13.3. The lowest BCUT2D eigenvalue weighted by atomic mass is 10.1. The van der Waals surface area contributed by atoms with Crippen LogP contribution in [0.15, 0.2) is 132 Å².